The Morgan fingerprint density at radius 1 is 1.04 bits per heavy atom. The number of nitro groups is 1. The molecular weight excluding hydrogens is 356 g/mol. The third-order valence-electron chi connectivity index (χ3n) is 4.04. The van der Waals surface area contributed by atoms with Gasteiger partial charge in [-0.3, -0.25) is 14.9 Å². The second-order valence-corrected chi connectivity index (χ2v) is 6.27. The van der Waals surface area contributed by atoms with E-state index in [9.17, 15) is 14.9 Å². The summed E-state index contributed by atoms with van der Waals surface area (Å²) in [5, 5.41) is 12.2. The first-order valence-corrected chi connectivity index (χ1v) is 8.59. The Morgan fingerprint density at radius 2 is 1.81 bits per heavy atom. The normalized spacial score (nSPS) is 10.8. The van der Waals surface area contributed by atoms with Crippen LogP contribution in [0.4, 0.5) is 5.69 Å². The van der Waals surface area contributed by atoms with Gasteiger partial charge in [-0.05, 0) is 49.2 Å². The molecule has 0 N–H and O–H groups in total. The highest BCUT2D eigenvalue weighted by Gasteiger charge is 2.09. The molecule has 0 amide bonds. The topological polar surface area (TPSA) is 74.4 Å². The van der Waals surface area contributed by atoms with Crippen molar-refractivity contribution >= 4 is 28.2 Å². The van der Waals surface area contributed by atoms with Gasteiger partial charge in [0, 0.05) is 35.2 Å². The third kappa shape index (κ3) is 4.21. The van der Waals surface area contributed by atoms with E-state index in [4.69, 9.17) is 16.3 Å². The molecule has 0 bridgehead atoms. The summed E-state index contributed by atoms with van der Waals surface area (Å²) >= 11 is 5.83. The van der Waals surface area contributed by atoms with Crippen LogP contribution in [0.25, 0.3) is 10.9 Å². The standard InChI is InChI=1S/C19H17ClN2O4/c20-15-4-7-17(8-5-15)26-12-2-1-11-21-18-9-6-16(22(24)25)13-14(18)3-10-19(21)23/h3-10,13H,1-2,11-12H2. The van der Waals surface area contributed by atoms with Crippen LogP contribution >= 0.6 is 11.6 Å². The summed E-state index contributed by atoms with van der Waals surface area (Å²) in [6.45, 7) is 1.06. The van der Waals surface area contributed by atoms with E-state index in [-0.39, 0.29) is 11.2 Å². The summed E-state index contributed by atoms with van der Waals surface area (Å²) in [5.41, 5.74) is 0.589. The summed E-state index contributed by atoms with van der Waals surface area (Å²) < 4.78 is 7.28. The van der Waals surface area contributed by atoms with Gasteiger partial charge >= 0.3 is 0 Å². The number of hydrogen-bond acceptors (Lipinski definition) is 4. The van der Waals surface area contributed by atoms with Crippen molar-refractivity contribution in [1.82, 2.24) is 4.57 Å². The van der Waals surface area contributed by atoms with Crippen LogP contribution in [0.5, 0.6) is 5.75 Å². The highest BCUT2D eigenvalue weighted by Crippen LogP contribution is 2.20. The molecule has 26 heavy (non-hydrogen) atoms. The van der Waals surface area contributed by atoms with Crippen molar-refractivity contribution in [2.75, 3.05) is 6.61 Å². The van der Waals surface area contributed by atoms with Gasteiger partial charge in [0.2, 0.25) is 0 Å². The zero-order valence-corrected chi connectivity index (χ0v) is 14.7. The number of halogens is 1. The number of ether oxygens (including phenoxy) is 1. The van der Waals surface area contributed by atoms with Gasteiger partial charge < -0.3 is 9.30 Å². The molecule has 0 aliphatic carbocycles. The van der Waals surface area contributed by atoms with Crippen molar-refractivity contribution < 1.29 is 9.66 Å². The van der Waals surface area contributed by atoms with Crippen LogP contribution in [0.15, 0.2) is 59.4 Å². The van der Waals surface area contributed by atoms with Crippen molar-refractivity contribution in [3.63, 3.8) is 0 Å². The molecule has 1 aromatic heterocycles. The Hall–Kier alpha value is -2.86. The lowest BCUT2D eigenvalue weighted by Crippen LogP contribution is -2.19. The van der Waals surface area contributed by atoms with Crippen LogP contribution in [0.2, 0.25) is 5.02 Å². The SMILES string of the molecule is O=c1ccc2cc([N+](=O)[O-])ccc2n1CCCCOc1ccc(Cl)cc1. The van der Waals surface area contributed by atoms with E-state index in [1.165, 1.54) is 18.2 Å². The molecule has 7 heteroatoms. The van der Waals surface area contributed by atoms with Gasteiger partial charge in [-0.1, -0.05) is 11.6 Å². The van der Waals surface area contributed by atoms with E-state index in [0.29, 0.717) is 29.1 Å². The van der Waals surface area contributed by atoms with E-state index in [2.05, 4.69) is 0 Å². The Morgan fingerprint density at radius 3 is 2.54 bits per heavy atom. The highest BCUT2D eigenvalue weighted by molar-refractivity contribution is 6.30. The number of rotatable bonds is 7. The molecule has 0 saturated carbocycles. The predicted molar refractivity (Wildman–Crippen MR) is 101 cm³/mol. The molecule has 0 spiro atoms. The number of non-ortho nitro benzene ring substituents is 1. The summed E-state index contributed by atoms with van der Waals surface area (Å²) in [4.78, 5) is 22.6. The maximum absolute atomic E-state index is 12.2. The van der Waals surface area contributed by atoms with Gasteiger partial charge in [-0.25, -0.2) is 0 Å². The minimum atomic E-state index is -0.441. The fraction of sp³-hybridized carbons (Fsp3) is 0.211. The van der Waals surface area contributed by atoms with Gasteiger partial charge in [0.05, 0.1) is 17.0 Å². The van der Waals surface area contributed by atoms with Crippen molar-refractivity contribution in [2.24, 2.45) is 0 Å². The molecule has 0 saturated heterocycles. The Kier molecular flexibility index (Phi) is 5.53. The molecule has 1 heterocycles. The molecule has 0 atom stereocenters. The Balaban J connectivity index is 1.63. The maximum atomic E-state index is 12.2. The number of hydrogen-bond donors (Lipinski definition) is 0. The number of nitrogens with zero attached hydrogens (tertiary/aromatic N) is 2. The van der Waals surface area contributed by atoms with E-state index >= 15 is 0 Å². The lowest BCUT2D eigenvalue weighted by molar-refractivity contribution is -0.384. The minimum absolute atomic E-state index is 0.0130. The number of pyridine rings is 1. The van der Waals surface area contributed by atoms with Crippen molar-refractivity contribution in [3.05, 3.63) is 80.1 Å². The first-order valence-electron chi connectivity index (χ1n) is 8.21. The van der Waals surface area contributed by atoms with E-state index in [1.807, 2.05) is 12.1 Å². The van der Waals surface area contributed by atoms with Crippen LogP contribution in [0.3, 0.4) is 0 Å². The largest absolute Gasteiger partial charge is 0.494 e. The van der Waals surface area contributed by atoms with E-state index in [0.717, 1.165) is 18.6 Å². The average molecular weight is 373 g/mol. The zero-order chi connectivity index (χ0) is 18.5. The number of aromatic nitrogens is 1. The predicted octanol–water partition coefficient (Wildman–Crippen LogP) is 4.42. The number of benzene rings is 2. The zero-order valence-electron chi connectivity index (χ0n) is 13.9. The van der Waals surface area contributed by atoms with Crippen LogP contribution in [0, 0.1) is 10.1 Å². The van der Waals surface area contributed by atoms with Crippen molar-refractivity contribution in [2.45, 2.75) is 19.4 Å². The first-order chi connectivity index (χ1) is 12.5. The smallest absolute Gasteiger partial charge is 0.270 e. The molecule has 0 aliphatic heterocycles. The number of aryl methyl sites for hydroxylation is 1. The van der Waals surface area contributed by atoms with Crippen LogP contribution in [-0.4, -0.2) is 16.1 Å². The van der Waals surface area contributed by atoms with E-state index < -0.39 is 4.92 Å². The fourth-order valence-electron chi connectivity index (χ4n) is 2.73. The minimum Gasteiger partial charge on any atom is -0.494 e. The highest BCUT2D eigenvalue weighted by atomic mass is 35.5. The van der Waals surface area contributed by atoms with Gasteiger partial charge in [0.25, 0.3) is 11.2 Å². The van der Waals surface area contributed by atoms with Gasteiger partial charge in [-0.15, -0.1) is 0 Å². The average Bonchev–Trinajstić information content (AvgIpc) is 2.64. The van der Waals surface area contributed by atoms with Crippen LogP contribution < -0.4 is 10.3 Å². The molecule has 134 valence electrons. The molecule has 3 rings (SSSR count). The van der Waals surface area contributed by atoms with Gasteiger partial charge in [-0.2, -0.15) is 0 Å². The second-order valence-electron chi connectivity index (χ2n) is 5.83. The molecule has 2 aromatic carbocycles. The Labute approximate surface area is 154 Å². The van der Waals surface area contributed by atoms with Gasteiger partial charge in [0.15, 0.2) is 0 Å². The Bertz CT molecular complexity index is 983. The summed E-state index contributed by atoms with van der Waals surface area (Å²) in [7, 11) is 0. The summed E-state index contributed by atoms with van der Waals surface area (Å²) in [6, 6.07) is 14.7. The molecule has 0 aliphatic rings. The molecule has 0 unspecified atom stereocenters. The maximum Gasteiger partial charge on any atom is 0.270 e. The number of fused-ring (bicyclic) bond motifs is 1. The monoisotopic (exact) mass is 372 g/mol. The van der Waals surface area contributed by atoms with Crippen molar-refractivity contribution in [3.8, 4) is 5.75 Å². The first kappa shape index (κ1) is 17.9. The fourth-order valence-corrected chi connectivity index (χ4v) is 2.85. The molecular formula is C19H17ClN2O4. The lowest BCUT2D eigenvalue weighted by atomic mass is 10.2. The van der Waals surface area contributed by atoms with Crippen LogP contribution in [0.1, 0.15) is 12.8 Å². The number of nitro benzene ring substituents is 1. The summed E-state index contributed by atoms with van der Waals surface area (Å²) in [5.74, 6) is 0.754. The third-order valence-corrected chi connectivity index (χ3v) is 4.29. The number of unbranched alkanes of at least 4 members (excludes halogenated alkanes) is 1. The molecule has 3 aromatic rings. The van der Waals surface area contributed by atoms with E-state index in [1.54, 1.807) is 28.8 Å². The molecule has 0 radical (unpaired) electrons. The summed E-state index contributed by atoms with van der Waals surface area (Å²) in [6.07, 6.45) is 1.53. The lowest BCUT2D eigenvalue weighted by Gasteiger charge is -2.10. The molecule has 0 fully saturated rings. The quantitative estimate of drug-likeness (QED) is 0.349. The van der Waals surface area contributed by atoms with Gasteiger partial charge in [0.1, 0.15) is 5.75 Å². The van der Waals surface area contributed by atoms with Crippen LogP contribution in [-0.2, 0) is 6.54 Å². The molecule has 6 nitrogen and oxygen atoms in total. The van der Waals surface area contributed by atoms with Crippen molar-refractivity contribution in [1.29, 1.82) is 0 Å². The second kappa shape index (κ2) is 8.01.